The average Bonchev–Trinajstić information content (AvgIpc) is 2.89. The summed E-state index contributed by atoms with van der Waals surface area (Å²) in [5.41, 5.74) is 2.12. The van der Waals surface area contributed by atoms with E-state index >= 15 is 0 Å². The minimum absolute atomic E-state index is 0.00705. The molecule has 0 aliphatic rings. The highest BCUT2D eigenvalue weighted by molar-refractivity contribution is 7.92. The quantitative estimate of drug-likeness (QED) is 0.359. The highest BCUT2D eigenvalue weighted by Gasteiger charge is 2.32. The zero-order chi connectivity index (χ0) is 27.9. The molecular formula is C29H34ClN3O4S. The van der Waals surface area contributed by atoms with Crippen molar-refractivity contribution in [1.82, 2.24) is 10.2 Å². The Morgan fingerprint density at radius 3 is 2.08 bits per heavy atom. The minimum atomic E-state index is -4.13. The van der Waals surface area contributed by atoms with Crippen LogP contribution >= 0.6 is 11.6 Å². The lowest BCUT2D eigenvalue weighted by Gasteiger charge is -2.32. The molecule has 2 amide bonds. The second-order valence-electron chi connectivity index (χ2n) is 9.62. The molecule has 0 saturated carbocycles. The average molecular weight is 556 g/mol. The molecule has 0 saturated heterocycles. The molecule has 0 aliphatic heterocycles. The van der Waals surface area contributed by atoms with E-state index in [0.717, 1.165) is 15.4 Å². The van der Waals surface area contributed by atoms with Gasteiger partial charge in [0.2, 0.25) is 11.8 Å². The molecule has 202 valence electrons. The van der Waals surface area contributed by atoms with E-state index < -0.39 is 28.5 Å². The summed E-state index contributed by atoms with van der Waals surface area (Å²) in [5, 5.41) is 3.28. The Labute approximate surface area is 230 Å². The number of hydrogen-bond acceptors (Lipinski definition) is 4. The molecule has 0 heterocycles. The van der Waals surface area contributed by atoms with E-state index in [-0.39, 0.29) is 23.3 Å². The van der Waals surface area contributed by atoms with Crippen LogP contribution in [0.1, 0.15) is 31.9 Å². The summed E-state index contributed by atoms with van der Waals surface area (Å²) >= 11 is 5.98. The molecule has 3 aromatic rings. The maximum absolute atomic E-state index is 13.8. The zero-order valence-electron chi connectivity index (χ0n) is 22.1. The Morgan fingerprint density at radius 2 is 1.50 bits per heavy atom. The van der Waals surface area contributed by atoms with Gasteiger partial charge in [0.15, 0.2) is 0 Å². The van der Waals surface area contributed by atoms with Crippen molar-refractivity contribution in [3.05, 3.63) is 95.0 Å². The van der Waals surface area contributed by atoms with Crippen LogP contribution in [0.25, 0.3) is 0 Å². The molecule has 7 nitrogen and oxygen atoms in total. The van der Waals surface area contributed by atoms with Crippen LogP contribution < -0.4 is 9.62 Å². The summed E-state index contributed by atoms with van der Waals surface area (Å²) in [4.78, 5) is 28.2. The van der Waals surface area contributed by atoms with E-state index in [1.54, 1.807) is 31.2 Å². The molecule has 0 aromatic heterocycles. The molecule has 0 spiro atoms. The highest BCUT2D eigenvalue weighted by Crippen LogP contribution is 2.26. The number of rotatable bonds is 11. The van der Waals surface area contributed by atoms with Crippen LogP contribution in [-0.2, 0) is 26.2 Å². The van der Waals surface area contributed by atoms with Crippen LogP contribution in [-0.4, -0.2) is 44.3 Å². The van der Waals surface area contributed by atoms with Crippen LogP contribution in [0.4, 0.5) is 5.69 Å². The largest absolute Gasteiger partial charge is 0.354 e. The van der Waals surface area contributed by atoms with Crippen LogP contribution in [0, 0.1) is 12.8 Å². The Hall–Kier alpha value is -3.36. The van der Waals surface area contributed by atoms with E-state index in [1.807, 2.05) is 51.1 Å². The third kappa shape index (κ3) is 7.58. The van der Waals surface area contributed by atoms with Gasteiger partial charge in [-0.05, 0) is 61.7 Å². The number of hydrogen-bond donors (Lipinski definition) is 1. The van der Waals surface area contributed by atoms with Gasteiger partial charge in [-0.25, -0.2) is 8.42 Å². The molecule has 0 radical (unpaired) electrons. The maximum atomic E-state index is 13.8. The molecule has 0 unspecified atom stereocenters. The van der Waals surface area contributed by atoms with Gasteiger partial charge in [0.25, 0.3) is 10.0 Å². The van der Waals surface area contributed by atoms with Crippen molar-refractivity contribution in [1.29, 1.82) is 0 Å². The number of carbonyl (C=O) groups excluding carboxylic acids is 2. The fourth-order valence-corrected chi connectivity index (χ4v) is 5.33. The van der Waals surface area contributed by atoms with Crippen molar-refractivity contribution >= 4 is 39.1 Å². The lowest BCUT2D eigenvalue weighted by atomic mass is 10.1. The second kappa shape index (κ2) is 12.9. The van der Waals surface area contributed by atoms with E-state index in [1.165, 1.54) is 29.2 Å². The first-order valence-corrected chi connectivity index (χ1v) is 14.3. The fraction of sp³-hybridized carbons (Fsp3) is 0.310. The molecule has 3 rings (SSSR count). The van der Waals surface area contributed by atoms with E-state index in [9.17, 15) is 18.0 Å². The predicted molar refractivity (Wildman–Crippen MR) is 151 cm³/mol. The zero-order valence-corrected chi connectivity index (χ0v) is 23.7. The highest BCUT2D eigenvalue weighted by atomic mass is 35.5. The first-order chi connectivity index (χ1) is 18.0. The van der Waals surface area contributed by atoms with Gasteiger partial charge < -0.3 is 10.2 Å². The van der Waals surface area contributed by atoms with Gasteiger partial charge in [-0.3, -0.25) is 13.9 Å². The normalized spacial score (nSPS) is 12.2. The Kier molecular flexibility index (Phi) is 9.94. The third-order valence-corrected chi connectivity index (χ3v) is 8.09. The van der Waals surface area contributed by atoms with Crippen molar-refractivity contribution in [3.8, 4) is 0 Å². The minimum Gasteiger partial charge on any atom is -0.354 e. The van der Waals surface area contributed by atoms with Gasteiger partial charge in [-0.15, -0.1) is 0 Å². The molecule has 0 aliphatic carbocycles. The first kappa shape index (κ1) is 29.2. The van der Waals surface area contributed by atoms with Gasteiger partial charge in [-0.1, -0.05) is 73.5 Å². The van der Waals surface area contributed by atoms with Crippen molar-refractivity contribution in [2.24, 2.45) is 5.92 Å². The number of anilines is 1. The number of aryl methyl sites for hydroxylation is 1. The SMILES string of the molecule is Cc1ccc(N(CC(=O)N(Cc2ccccc2)[C@H](C)C(=O)NCC(C)C)S(=O)(=O)c2ccc(Cl)cc2)cc1. The number of carbonyl (C=O) groups is 2. The summed E-state index contributed by atoms with van der Waals surface area (Å²) in [6.07, 6.45) is 0. The lowest BCUT2D eigenvalue weighted by molar-refractivity contribution is -0.139. The molecule has 0 fully saturated rings. The number of amides is 2. The van der Waals surface area contributed by atoms with Crippen LogP contribution in [0.5, 0.6) is 0 Å². The third-order valence-electron chi connectivity index (χ3n) is 6.05. The van der Waals surface area contributed by atoms with Crippen molar-refractivity contribution in [2.45, 2.75) is 45.2 Å². The summed E-state index contributed by atoms with van der Waals surface area (Å²) in [7, 11) is -4.13. The molecule has 1 atom stereocenters. The number of halogens is 1. The standard InChI is InChI=1S/C29H34ClN3O4S/c1-21(2)18-31-29(35)23(4)32(19-24-8-6-5-7-9-24)28(34)20-33(26-14-10-22(3)11-15-26)38(36,37)27-16-12-25(30)13-17-27/h5-17,21,23H,18-20H2,1-4H3,(H,31,35)/t23-/m1/s1. The molecule has 9 heteroatoms. The molecule has 0 bridgehead atoms. The predicted octanol–water partition coefficient (Wildman–Crippen LogP) is 5.03. The van der Waals surface area contributed by atoms with Gasteiger partial charge in [0, 0.05) is 18.1 Å². The first-order valence-electron chi connectivity index (χ1n) is 12.4. The van der Waals surface area contributed by atoms with Gasteiger partial charge in [-0.2, -0.15) is 0 Å². The van der Waals surface area contributed by atoms with Gasteiger partial charge >= 0.3 is 0 Å². The number of sulfonamides is 1. The molecular weight excluding hydrogens is 522 g/mol. The van der Waals surface area contributed by atoms with E-state index in [2.05, 4.69) is 5.32 Å². The smallest absolute Gasteiger partial charge is 0.264 e. The topological polar surface area (TPSA) is 86.8 Å². The maximum Gasteiger partial charge on any atom is 0.264 e. The summed E-state index contributed by atoms with van der Waals surface area (Å²) in [6, 6.07) is 21.2. The Morgan fingerprint density at radius 1 is 0.895 bits per heavy atom. The summed E-state index contributed by atoms with van der Waals surface area (Å²) in [5.74, 6) is -0.560. The van der Waals surface area contributed by atoms with Crippen molar-refractivity contribution < 1.29 is 18.0 Å². The lowest BCUT2D eigenvalue weighted by Crippen LogP contribution is -2.51. The number of nitrogens with zero attached hydrogens (tertiary/aromatic N) is 2. The van der Waals surface area contributed by atoms with Crippen molar-refractivity contribution in [2.75, 3.05) is 17.4 Å². The second-order valence-corrected chi connectivity index (χ2v) is 11.9. The number of benzene rings is 3. The van der Waals surface area contributed by atoms with Gasteiger partial charge in [0.1, 0.15) is 12.6 Å². The molecule has 38 heavy (non-hydrogen) atoms. The van der Waals surface area contributed by atoms with Crippen LogP contribution in [0.15, 0.2) is 83.8 Å². The summed E-state index contributed by atoms with van der Waals surface area (Å²) < 4.78 is 28.6. The van der Waals surface area contributed by atoms with Crippen LogP contribution in [0.3, 0.4) is 0 Å². The van der Waals surface area contributed by atoms with Crippen LogP contribution in [0.2, 0.25) is 5.02 Å². The molecule has 3 aromatic carbocycles. The Balaban J connectivity index is 1.99. The fourth-order valence-electron chi connectivity index (χ4n) is 3.79. The monoisotopic (exact) mass is 555 g/mol. The van der Waals surface area contributed by atoms with E-state index in [0.29, 0.717) is 17.3 Å². The summed E-state index contributed by atoms with van der Waals surface area (Å²) in [6.45, 7) is 7.66. The Bertz CT molecular complexity index is 1330. The molecule has 1 N–H and O–H groups in total. The van der Waals surface area contributed by atoms with Gasteiger partial charge in [0.05, 0.1) is 10.6 Å². The van der Waals surface area contributed by atoms with E-state index in [4.69, 9.17) is 11.6 Å². The number of nitrogens with one attached hydrogen (secondary N) is 1. The van der Waals surface area contributed by atoms with Crippen molar-refractivity contribution in [3.63, 3.8) is 0 Å².